The molecule has 0 spiro atoms. The van der Waals surface area contributed by atoms with Gasteiger partial charge in [-0.2, -0.15) is 0 Å². The summed E-state index contributed by atoms with van der Waals surface area (Å²) in [5.74, 6) is 0.938. The number of unbranched alkanes of at least 4 members (excludes halogenated alkanes) is 4. The summed E-state index contributed by atoms with van der Waals surface area (Å²) in [6.45, 7) is 7.64. The highest BCUT2D eigenvalue weighted by atomic mass is 16.1. The predicted octanol–water partition coefficient (Wildman–Crippen LogP) is 4.68. The van der Waals surface area contributed by atoms with Crippen molar-refractivity contribution < 1.29 is 4.79 Å². The summed E-state index contributed by atoms with van der Waals surface area (Å²) < 4.78 is 0. The molecule has 1 heteroatoms. The zero-order valence-electron chi connectivity index (χ0n) is 10.9. The molecule has 0 aromatic heterocycles. The quantitative estimate of drug-likeness (QED) is 0.298. The first-order chi connectivity index (χ1) is 7.66. The highest BCUT2D eigenvalue weighted by molar-refractivity contribution is 5.87. The Morgan fingerprint density at radius 2 is 1.94 bits per heavy atom. The van der Waals surface area contributed by atoms with E-state index in [9.17, 15) is 4.79 Å². The van der Waals surface area contributed by atoms with Crippen molar-refractivity contribution in [3.63, 3.8) is 0 Å². The van der Waals surface area contributed by atoms with E-state index >= 15 is 0 Å². The monoisotopic (exact) mass is 222 g/mol. The summed E-state index contributed by atoms with van der Waals surface area (Å²) in [4.78, 5) is 10.6. The van der Waals surface area contributed by atoms with E-state index in [4.69, 9.17) is 0 Å². The molecular formula is C15H26O. The number of ketones is 1. The third kappa shape index (κ3) is 11.2. The minimum absolute atomic E-state index is 0.151. The molecule has 0 aromatic carbocycles. The van der Waals surface area contributed by atoms with Crippen molar-refractivity contribution in [2.24, 2.45) is 5.92 Å². The highest BCUT2D eigenvalue weighted by Gasteiger charge is 1.98. The average Bonchev–Trinajstić information content (AvgIpc) is 2.22. The molecule has 92 valence electrons. The van der Waals surface area contributed by atoms with E-state index in [1.54, 1.807) is 13.0 Å². The lowest BCUT2D eigenvalue weighted by atomic mass is 9.99. The van der Waals surface area contributed by atoms with E-state index in [2.05, 4.69) is 13.5 Å². The van der Waals surface area contributed by atoms with Crippen molar-refractivity contribution in [3.05, 3.63) is 24.8 Å². The topological polar surface area (TPSA) is 17.1 Å². The molecule has 0 aliphatic heterocycles. The molecule has 0 aliphatic rings. The van der Waals surface area contributed by atoms with Crippen LogP contribution in [0.3, 0.4) is 0 Å². The Bertz CT molecular complexity index is 215. The number of carbonyl (C=O) groups excluding carboxylic acids is 1. The Hall–Kier alpha value is -0.850. The fourth-order valence-corrected chi connectivity index (χ4v) is 1.76. The zero-order valence-corrected chi connectivity index (χ0v) is 10.9. The van der Waals surface area contributed by atoms with Gasteiger partial charge >= 0.3 is 0 Å². The summed E-state index contributed by atoms with van der Waals surface area (Å²) in [6, 6.07) is 0. The zero-order chi connectivity index (χ0) is 12.2. The van der Waals surface area contributed by atoms with Crippen molar-refractivity contribution in [3.8, 4) is 0 Å². The van der Waals surface area contributed by atoms with Gasteiger partial charge in [0, 0.05) is 0 Å². The SMILES string of the molecule is C=CC[C@H](C)CCCCCCC=CC(C)=O. The van der Waals surface area contributed by atoms with Crippen LogP contribution in [0, 0.1) is 5.92 Å². The van der Waals surface area contributed by atoms with Gasteiger partial charge in [0.25, 0.3) is 0 Å². The van der Waals surface area contributed by atoms with Gasteiger partial charge in [-0.05, 0) is 38.2 Å². The summed E-state index contributed by atoms with van der Waals surface area (Å²) in [5.41, 5.74) is 0. The van der Waals surface area contributed by atoms with Crippen molar-refractivity contribution >= 4 is 5.78 Å². The fraction of sp³-hybridized carbons (Fsp3) is 0.667. The molecule has 0 fully saturated rings. The van der Waals surface area contributed by atoms with E-state index in [1.807, 2.05) is 12.2 Å². The molecule has 1 atom stereocenters. The second-order valence-electron chi connectivity index (χ2n) is 4.63. The molecule has 0 aromatic rings. The van der Waals surface area contributed by atoms with Gasteiger partial charge in [-0.15, -0.1) is 6.58 Å². The van der Waals surface area contributed by atoms with Gasteiger partial charge in [0.2, 0.25) is 0 Å². The molecule has 0 heterocycles. The van der Waals surface area contributed by atoms with Crippen LogP contribution in [0.1, 0.15) is 58.8 Å². The lowest BCUT2D eigenvalue weighted by Gasteiger charge is -2.07. The maximum Gasteiger partial charge on any atom is 0.152 e. The van der Waals surface area contributed by atoms with Crippen LogP contribution in [-0.2, 0) is 4.79 Å². The second-order valence-corrected chi connectivity index (χ2v) is 4.63. The summed E-state index contributed by atoms with van der Waals surface area (Å²) >= 11 is 0. The van der Waals surface area contributed by atoms with Crippen LogP contribution in [0.5, 0.6) is 0 Å². The lowest BCUT2D eigenvalue weighted by molar-refractivity contribution is -0.112. The summed E-state index contributed by atoms with van der Waals surface area (Å²) in [7, 11) is 0. The molecular weight excluding hydrogens is 196 g/mol. The highest BCUT2D eigenvalue weighted by Crippen LogP contribution is 2.14. The summed E-state index contributed by atoms with van der Waals surface area (Å²) in [5, 5.41) is 0. The molecule has 0 saturated heterocycles. The Kier molecular flexibility index (Phi) is 10.1. The van der Waals surface area contributed by atoms with Gasteiger partial charge in [0.1, 0.15) is 0 Å². The van der Waals surface area contributed by atoms with Crippen LogP contribution in [-0.4, -0.2) is 5.78 Å². The Morgan fingerprint density at radius 3 is 2.56 bits per heavy atom. The van der Waals surface area contributed by atoms with Crippen molar-refractivity contribution in [2.75, 3.05) is 0 Å². The van der Waals surface area contributed by atoms with E-state index in [0.717, 1.165) is 18.8 Å². The number of rotatable bonds is 10. The van der Waals surface area contributed by atoms with E-state index < -0.39 is 0 Å². The first-order valence-electron chi connectivity index (χ1n) is 6.44. The third-order valence-electron chi connectivity index (χ3n) is 2.74. The fourth-order valence-electron chi connectivity index (χ4n) is 1.76. The molecule has 16 heavy (non-hydrogen) atoms. The number of allylic oxidation sites excluding steroid dienone is 3. The van der Waals surface area contributed by atoms with Crippen LogP contribution in [0.25, 0.3) is 0 Å². The van der Waals surface area contributed by atoms with Crippen LogP contribution in [0.15, 0.2) is 24.8 Å². The molecule has 0 aliphatic carbocycles. The molecule has 0 rings (SSSR count). The van der Waals surface area contributed by atoms with Crippen molar-refractivity contribution in [1.29, 1.82) is 0 Å². The maximum atomic E-state index is 10.6. The van der Waals surface area contributed by atoms with Gasteiger partial charge in [-0.25, -0.2) is 0 Å². The number of hydrogen-bond acceptors (Lipinski definition) is 1. The molecule has 0 N–H and O–H groups in total. The number of carbonyl (C=O) groups is 1. The largest absolute Gasteiger partial charge is 0.295 e. The molecule has 1 nitrogen and oxygen atoms in total. The third-order valence-corrected chi connectivity index (χ3v) is 2.74. The van der Waals surface area contributed by atoms with Gasteiger partial charge in [0.05, 0.1) is 0 Å². The predicted molar refractivity (Wildman–Crippen MR) is 71.5 cm³/mol. The van der Waals surface area contributed by atoms with E-state index in [-0.39, 0.29) is 5.78 Å². The van der Waals surface area contributed by atoms with Gasteiger partial charge in [0.15, 0.2) is 5.78 Å². The molecule has 0 amide bonds. The van der Waals surface area contributed by atoms with Gasteiger partial charge in [-0.1, -0.05) is 44.8 Å². The molecule has 0 saturated carbocycles. The smallest absolute Gasteiger partial charge is 0.152 e. The lowest BCUT2D eigenvalue weighted by Crippen LogP contribution is -1.92. The van der Waals surface area contributed by atoms with Crippen molar-refractivity contribution in [2.45, 2.75) is 58.8 Å². The van der Waals surface area contributed by atoms with Crippen molar-refractivity contribution in [1.82, 2.24) is 0 Å². The van der Waals surface area contributed by atoms with Gasteiger partial charge < -0.3 is 0 Å². The molecule has 0 bridgehead atoms. The second kappa shape index (κ2) is 10.7. The molecule has 0 radical (unpaired) electrons. The van der Waals surface area contributed by atoms with Crippen LogP contribution in [0.2, 0.25) is 0 Å². The minimum Gasteiger partial charge on any atom is -0.295 e. The Labute approximate surface area is 101 Å². The normalized spacial score (nSPS) is 12.9. The number of hydrogen-bond donors (Lipinski definition) is 0. The van der Waals surface area contributed by atoms with Gasteiger partial charge in [-0.3, -0.25) is 4.79 Å². The Morgan fingerprint density at radius 1 is 1.25 bits per heavy atom. The van der Waals surface area contributed by atoms with Crippen LogP contribution in [0.4, 0.5) is 0 Å². The Balaban J connectivity index is 3.21. The average molecular weight is 222 g/mol. The summed E-state index contributed by atoms with van der Waals surface area (Å²) in [6.07, 6.45) is 14.3. The molecule has 0 unspecified atom stereocenters. The van der Waals surface area contributed by atoms with Crippen LogP contribution < -0.4 is 0 Å². The van der Waals surface area contributed by atoms with E-state index in [0.29, 0.717) is 0 Å². The minimum atomic E-state index is 0.151. The standard InChI is InChI=1S/C15H26O/c1-4-11-14(2)12-9-7-5-6-8-10-13-15(3)16/h4,10,13-14H,1,5-9,11-12H2,2-3H3/t14-/m0/s1. The van der Waals surface area contributed by atoms with Crippen LogP contribution >= 0.6 is 0 Å². The van der Waals surface area contributed by atoms with E-state index in [1.165, 1.54) is 32.1 Å². The first-order valence-corrected chi connectivity index (χ1v) is 6.44. The first kappa shape index (κ1) is 15.2. The maximum absolute atomic E-state index is 10.6.